The molecule has 3 aromatic rings. The molecule has 1 aliphatic rings. The molecule has 0 radical (unpaired) electrons. The second kappa shape index (κ2) is 8.00. The second-order valence-corrected chi connectivity index (χ2v) is 7.37. The van der Waals surface area contributed by atoms with E-state index < -0.39 is 0 Å². The number of nitrogens with zero attached hydrogens (tertiary/aromatic N) is 1. The van der Waals surface area contributed by atoms with E-state index in [4.69, 9.17) is 4.74 Å². The number of nitrogens with one attached hydrogen (secondary N) is 2. The molecular weight excluding hydrogens is 357 g/mol. The van der Waals surface area contributed by atoms with Gasteiger partial charge in [0.25, 0.3) is 0 Å². The summed E-state index contributed by atoms with van der Waals surface area (Å²) in [5.74, 6) is 1.55. The Hall–Kier alpha value is -2.89. The van der Waals surface area contributed by atoms with Crippen LogP contribution in [0.1, 0.15) is 36.7 Å². The maximum Gasteiger partial charge on any atom is 0.220 e. The number of rotatable bonds is 7. The fourth-order valence-corrected chi connectivity index (χ4v) is 3.61. The van der Waals surface area contributed by atoms with E-state index in [-0.39, 0.29) is 17.8 Å². The number of carbonyl (C=O) groups is 1. The average Bonchev–Trinajstić information content (AvgIpc) is 3.24. The van der Waals surface area contributed by atoms with Crippen molar-refractivity contribution in [3.63, 3.8) is 0 Å². The number of carbonyl (C=O) groups excluding carboxylic acids is 1. The molecule has 0 saturated heterocycles. The van der Waals surface area contributed by atoms with Crippen LogP contribution in [0.25, 0.3) is 11.0 Å². The molecule has 2 N–H and O–H groups in total. The fourth-order valence-electron chi connectivity index (χ4n) is 3.61. The molecule has 1 amide bonds. The molecule has 0 spiro atoms. The first-order valence-corrected chi connectivity index (χ1v) is 9.76. The molecular formula is C22H24FN3O2. The van der Waals surface area contributed by atoms with Gasteiger partial charge in [0, 0.05) is 25.8 Å². The highest BCUT2D eigenvalue weighted by Crippen LogP contribution is 2.29. The molecule has 1 aromatic heterocycles. The zero-order valence-electron chi connectivity index (χ0n) is 15.9. The minimum absolute atomic E-state index is 0.0526. The number of H-pyrrole nitrogens is 1. The standard InChI is InChI=1S/C22H24FN3O2/c1-14-11-16-12-15(4-8-20(16)28-14)5-9-22(27)24-10-2-3-21-25-18-7-6-17(23)13-19(18)26-21/h4,6-8,12-14H,2-3,5,9-11H2,1H3,(H,24,27)(H,25,26)/t14-/m1/s1. The zero-order chi connectivity index (χ0) is 19.5. The molecule has 2 heterocycles. The van der Waals surface area contributed by atoms with Crippen LogP contribution >= 0.6 is 0 Å². The van der Waals surface area contributed by atoms with Crippen molar-refractivity contribution < 1.29 is 13.9 Å². The van der Waals surface area contributed by atoms with Crippen molar-refractivity contribution in [2.45, 2.75) is 45.1 Å². The van der Waals surface area contributed by atoms with E-state index in [2.05, 4.69) is 28.3 Å². The van der Waals surface area contributed by atoms with E-state index in [1.54, 1.807) is 6.07 Å². The van der Waals surface area contributed by atoms with Gasteiger partial charge in [0.05, 0.1) is 11.0 Å². The molecule has 0 aliphatic carbocycles. The van der Waals surface area contributed by atoms with Gasteiger partial charge in [-0.25, -0.2) is 9.37 Å². The highest BCUT2D eigenvalue weighted by atomic mass is 19.1. The summed E-state index contributed by atoms with van der Waals surface area (Å²) >= 11 is 0. The van der Waals surface area contributed by atoms with Crippen molar-refractivity contribution >= 4 is 16.9 Å². The Labute approximate surface area is 163 Å². The maximum atomic E-state index is 13.2. The number of fused-ring (bicyclic) bond motifs is 2. The van der Waals surface area contributed by atoms with Gasteiger partial charge in [-0.2, -0.15) is 0 Å². The Morgan fingerprint density at radius 2 is 2.18 bits per heavy atom. The summed E-state index contributed by atoms with van der Waals surface area (Å²) in [7, 11) is 0. The van der Waals surface area contributed by atoms with Crippen molar-refractivity contribution in [2.75, 3.05) is 6.54 Å². The largest absolute Gasteiger partial charge is 0.490 e. The van der Waals surface area contributed by atoms with Gasteiger partial charge < -0.3 is 15.0 Å². The molecule has 0 saturated carbocycles. The van der Waals surface area contributed by atoms with Crippen LogP contribution in [0.3, 0.4) is 0 Å². The topological polar surface area (TPSA) is 67.0 Å². The number of hydrogen-bond donors (Lipinski definition) is 2. The average molecular weight is 381 g/mol. The van der Waals surface area contributed by atoms with E-state index in [0.717, 1.165) is 36.4 Å². The summed E-state index contributed by atoms with van der Waals surface area (Å²) in [4.78, 5) is 19.6. The number of imidazole rings is 1. The quantitative estimate of drug-likeness (QED) is 0.613. The number of aromatic amines is 1. The van der Waals surface area contributed by atoms with E-state index in [0.29, 0.717) is 24.9 Å². The summed E-state index contributed by atoms with van der Waals surface area (Å²) in [6.45, 7) is 2.66. The number of benzene rings is 2. The third kappa shape index (κ3) is 4.32. The highest BCUT2D eigenvalue weighted by Gasteiger charge is 2.18. The summed E-state index contributed by atoms with van der Waals surface area (Å²) in [6.07, 6.45) is 3.85. The van der Waals surface area contributed by atoms with E-state index in [9.17, 15) is 9.18 Å². The highest BCUT2D eigenvalue weighted by molar-refractivity contribution is 5.76. The first-order chi connectivity index (χ1) is 13.6. The molecule has 0 fully saturated rings. The van der Waals surface area contributed by atoms with Crippen LogP contribution in [0.4, 0.5) is 4.39 Å². The Kier molecular flexibility index (Phi) is 5.28. The SMILES string of the molecule is C[C@@H]1Cc2cc(CCC(=O)NCCCc3nc4ccc(F)cc4[nH]3)ccc2O1. The van der Waals surface area contributed by atoms with Crippen LogP contribution < -0.4 is 10.1 Å². The molecule has 1 aliphatic heterocycles. The van der Waals surface area contributed by atoms with Crippen LogP contribution in [0.5, 0.6) is 5.75 Å². The molecule has 2 aromatic carbocycles. The molecule has 28 heavy (non-hydrogen) atoms. The van der Waals surface area contributed by atoms with Crippen LogP contribution in [0.2, 0.25) is 0 Å². The maximum absolute atomic E-state index is 13.2. The predicted molar refractivity (Wildman–Crippen MR) is 106 cm³/mol. The molecule has 5 nitrogen and oxygen atoms in total. The Bertz CT molecular complexity index is 999. The third-order valence-corrected chi connectivity index (χ3v) is 5.01. The second-order valence-electron chi connectivity index (χ2n) is 7.37. The molecule has 0 unspecified atom stereocenters. The number of ether oxygens (including phenoxy) is 1. The molecule has 0 bridgehead atoms. The third-order valence-electron chi connectivity index (χ3n) is 5.01. The number of amides is 1. The number of aromatic nitrogens is 2. The van der Waals surface area contributed by atoms with Gasteiger partial charge in [-0.05, 0) is 55.2 Å². The number of hydrogen-bond acceptors (Lipinski definition) is 3. The first-order valence-electron chi connectivity index (χ1n) is 9.76. The van der Waals surface area contributed by atoms with Crippen molar-refractivity contribution in [2.24, 2.45) is 0 Å². The molecule has 4 rings (SSSR count). The van der Waals surface area contributed by atoms with E-state index in [1.807, 2.05) is 12.1 Å². The van der Waals surface area contributed by atoms with E-state index in [1.165, 1.54) is 23.3 Å². The summed E-state index contributed by atoms with van der Waals surface area (Å²) in [5, 5.41) is 2.96. The monoisotopic (exact) mass is 381 g/mol. The fraction of sp³-hybridized carbons (Fsp3) is 0.364. The lowest BCUT2D eigenvalue weighted by Gasteiger charge is -2.06. The predicted octanol–water partition coefficient (Wildman–Crippen LogP) is 3.71. The van der Waals surface area contributed by atoms with Crippen molar-refractivity contribution in [3.8, 4) is 5.75 Å². The van der Waals surface area contributed by atoms with Gasteiger partial charge in [0.1, 0.15) is 23.5 Å². The number of aryl methyl sites for hydroxylation is 2. The van der Waals surface area contributed by atoms with Gasteiger partial charge in [0.15, 0.2) is 0 Å². The lowest BCUT2D eigenvalue weighted by atomic mass is 10.0. The molecule has 146 valence electrons. The van der Waals surface area contributed by atoms with Crippen LogP contribution in [-0.2, 0) is 24.1 Å². The van der Waals surface area contributed by atoms with Crippen molar-refractivity contribution in [3.05, 3.63) is 59.2 Å². The van der Waals surface area contributed by atoms with Crippen LogP contribution in [0.15, 0.2) is 36.4 Å². The van der Waals surface area contributed by atoms with Crippen LogP contribution in [0, 0.1) is 5.82 Å². The van der Waals surface area contributed by atoms with Crippen molar-refractivity contribution in [1.82, 2.24) is 15.3 Å². The summed E-state index contributed by atoms with van der Waals surface area (Å²) < 4.78 is 18.9. The molecule has 1 atom stereocenters. The minimum Gasteiger partial charge on any atom is -0.490 e. The van der Waals surface area contributed by atoms with Gasteiger partial charge >= 0.3 is 0 Å². The van der Waals surface area contributed by atoms with E-state index >= 15 is 0 Å². The lowest BCUT2D eigenvalue weighted by molar-refractivity contribution is -0.121. The molecule has 6 heteroatoms. The van der Waals surface area contributed by atoms with Gasteiger partial charge in [-0.1, -0.05) is 12.1 Å². The Balaban J connectivity index is 1.19. The zero-order valence-corrected chi connectivity index (χ0v) is 15.9. The summed E-state index contributed by atoms with van der Waals surface area (Å²) in [6, 6.07) is 10.7. The Morgan fingerprint density at radius 3 is 3.07 bits per heavy atom. The first kappa shape index (κ1) is 18.5. The van der Waals surface area contributed by atoms with Gasteiger partial charge in [0.2, 0.25) is 5.91 Å². The normalized spacial score (nSPS) is 15.4. The Morgan fingerprint density at radius 1 is 1.29 bits per heavy atom. The van der Waals surface area contributed by atoms with Gasteiger partial charge in [-0.3, -0.25) is 4.79 Å². The van der Waals surface area contributed by atoms with Crippen LogP contribution in [-0.4, -0.2) is 28.5 Å². The van der Waals surface area contributed by atoms with Crippen molar-refractivity contribution in [1.29, 1.82) is 0 Å². The van der Waals surface area contributed by atoms with Gasteiger partial charge in [-0.15, -0.1) is 0 Å². The smallest absolute Gasteiger partial charge is 0.220 e. The number of halogens is 1. The minimum atomic E-state index is -0.277. The lowest BCUT2D eigenvalue weighted by Crippen LogP contribution is -2.25. The summed E-state index contributed by atoms with van der Waals surface area (Å²) in [5.41, 5.74) is 3.86.